The molecule has 0 bridgehead atoms. The summed E-state index contributed by atoms with van der Waals surface area (Å²) >= 11 is 3.37. The van der Waals surface area contributed by atoms with E-state index in [2.05, 4.69) is 21.2 Å². The zero-order valence-corrected chi connectivity index (χ0v) is 15.1. The van der Waals surface area contributed by atoms with Gasteiger partial charge in [-0.15, -0.1) is 0 Å². The molecule has 0 aromatic heterocycles. The molecule has 130 valence electrons. The molecule has 1 N–H and O–H groups in total. The first kappa shape index (κ1) is 17.6. The lowest BCUT2D eigenvalue weighted by molar-refractivity contribution is -0.126. The van der Waals surface area contributed by atoms with Crippen molar-refractivity contribution in [1.29, 1.82) is 0 Å². The van der Waals surface area contributed by atoms with Crippen LogP contribution in [0.3, 0.4) is 0 Å². The van der Waals surface area contributed by atoms with Gasteiger partial charge < -0.3 is 10.2 Å². The topological polar surface area (TPSA) is 49.4 Å². The maximum absolute atomic E-state index is 13.1. The van der Waals surface area contributed by atoms with Crippen molar-refractivity contribution < 1.29 is 14.0 Å². The summed E-state index contributed by atoms with van der Waals surface area (Å²) in [6.07, 6.45) is 0.766. The maximum Gasteiger partial charge on any atom is 0.227 e. The molecular formula is C19H18BrFN2O2. The van der Waals surface area contributed by atoms with Crippen LogP contribution in [-0.4, -0.2) is 24.9 Å². The third-order valence-electron chi connectivity index (χ3n) is 4.24. The first-order chi connectivity index (χ1) is 12.0. The van der Waals surface area contributed by atoms with Crippen LogP contribution in [0.25, 0.3) is 0 Å². The highest BCUT2D eigenvalue weighted by atomic mass is 79.9. The molecule has 0 radical (unpaired) electrons. The van der Waals surface area contributed by atoms with Crippen LogP contribution in [0.1, 0.15) is 12.0 Å². The Morgan fingerprint density at radius 1 is 1.24 bits per heavy atom. The second kappa shape index (κ2) is 7.78. The Labute approximate surface area is 154 Å². The van der Waals surface area contributed by atoms with Gasteiger partial charge in [0.2, 0.25) is 11.8 Å². The summed E-state index contributed by atoms with van der Waals surface area (Å²) in [7, 11) is 0. The van der Waals surface area contributed by atoms with E-state index in [1.807, 2.05) is 30.3 Å². The van der Waals surface area contributed by atoms with E-state index < -0.39 is 0 Å². The van der Waals surface area contributed by atoms with Crippen molar-refractivity contribution in [1.82, 2.24) is 5.32 Å². The molecule has 3 rings (SSSR count). The quantitative estimate of drug-likeness (QED) is 0.830. The molecule has 2 aromatic rings. The number of carbonyl (C=O) groups excluding carboxylic acids is 2. The number of hydrogen-bond donors (Lipinski definition) is 1. The normalized spacial score (nSPS) is 17.0. The Kier molecular flexibility index (Phi) is 5.48. The number of nitrogens with one attached hydrogen (secondary N) is 1. The Balaban J connectivity index is 1.53. The van der Waals surface area contributed by atoms with Gasteiger partial charge in [0.05, 0.1) is 5.92 Å². The zero-order valence-electron chi connectivity index (χ0n) is 13.5. The van der Waals surface area contributed by atoms with Crippen molar-refractivity contribution >= 4 is 33.4 Å². The summed E-state index contributed by atoms with van der Waals surface area (Å²) in [6, 6.07) is 13.8. The third kappa shape index (κ3) is 4.45. The molecule has 1 heterocycles. The van der Waals surface area contributed by atoms with Gasteiger partial charge in [0.15, 0.2) is 0 Å². The summed E-state index contributed by atoms with van der Waals surface area (Å²) in [6.45, 7) is 0.803. The first-order valence-electron chi connectivity index (χ1n) is 8.11. The van der Waals surface area contributed by atoms with Crippen molar-refractivity contribution in [2.24, 2.45) is 5.92 Å². The van der Waals surface area contributed by atoms with Crippen molar-refractivity contribution in [3.8, 4) is 0 Å². The first-order valence-corrected chi connectivity index (χ1v) is 8.90. The van der Waals surface area contributed by atoms with E-state index in [1.54, 1.807) is 11.0 Å². The average Bonchev–Trinajstić information content (AvgIpc) is 2.97. The second-order valence-electron chi connectivity index (χ2n) is 6.05. The van der Waals surface area contributed by atoms with Gasteiger partial charge in [-0.1, -0.05) is 28.1 Å². The van der Waals surface area contributed by atoms with E-state index in [1.165, 1.54) is 12.1 Å². The highest BCUT2D eigenvalue weighted by Gasteiger charge is 2.34. The molecule has 1 saturated heterocycles. The molecular weight excluding hydrogens is 387 g/mol. The molecule has 2 aromatic carbocycles. The van der Waals surface area contributed by atoms with Crippen LogP contribution in [-0.2, 0) is 16.0 Å². The van der Waals surface area contributed by atoms with E-state index in [0.29, 0.717) is 19.5 Å². The van der Waals surface area contributed by atoms with Gasteiger partial charge in [0, 0.05) is 29.7 Å². The zero-order chi connectivity index (χ0) is 17.8. The number of rotatable bonds is 5. The molecule has 1 fully saturated rings. The van der Waals surface area contributed by atoms with Crippen LogP contribution < -0.4 is 10.2 Å². The van der Waals surface area contributed by atoms with E-state index >= 15 is 0 Å². The van der Waals surface area contributed by atoms with Gasteiger partial charge in [-0.25, -0.2) is 4.39 Å². The standard InChI is InChI=1S/C19H18BrFN2O2/c20-15-4-6-17(7-5-15)23-12-14(11-18(23)24)19(25)22-9-8-13-2-1-3-16(21)10-13/h1-7,10,14H,8-9,11-12H2,(H,22,25). The van der Waals surface area contributed by atoms with E-state index in [0.717, 1.165) is 15.7 Å². The predicted molar refractivity (Wildman–Crippen MR) is 97.7 cm³/mol. The summed E-state index contributed by atoms with van der Waals surface area (Å²) < 4.78 is 14.1. The molecule has 1 aliphatic heterocycles. The fourth-order valence-corrected chi connectivity index (χ4v) is 3.18. The van der Waals surface area contributed by atoms with Crippen LogP contribution in [0, 0.1) is 11.7 Å². The molecule has 0 spiro atoms. The van der Waals surface area contributed by atoms with Crippen molar-refractivity contribution in [3.05, 3.63) is 64.4 Å². The molecule has 1 unspecified atom stereocenters. The van der Waals surface area contributed by atoms with Crippen molar-refractivity contribution in [2.75, 3.05) is 18.0 Å². The molecule has 0 aliphatic carbocycles. The smallest absolute Gasteiger partial charge is 0.227 e. The van der Waals surface area contributed by atoms with Crippen molar-refractivity contribution in [2.45, 2.75) is 12.8 Å². The number of carbonyl (C=O) groups is 2. The SMILES string of the molecule is O=C(NCCc1cccc(F)c1)C1CC(=O)N(c2ccc(Br)cc2)C1. The highest BCUT2D eigenvalue weighted by molar-refractivity contribution is 9.10. The van der Waals surface area contributed by atoms with Gasteiger partial charge >= 0.3 is 0 Å². The van der Waals surface area contributed by atoms with Gasteiger partial charge in [-0.3, -0.25) is 9.59 Å². The summed E-state index contributed by atoms with van der Waals surface area (Å²) in [4.78, 5) is 26.1. The Morgan fingerprint density at radius 3 is 2.72 bits per heavy atom. The third-order valence-corrected chi connectivity index (χ3v) is 4.76. The van der Waals surface area contributed by atoms with Crippen LogP contribution in [0.4, 0.5) is 10.1 Å². The lowest BCUT2D eigenvalue weighted by atomic mass is 10.1. The summed E-state index contributed by atoms with van der Waals surface area (Å²) in [5, 5.41) is 2.85. The molecule has 2 amide bonds. The fraction of sp³-hybridized carbons (Fsp3) is 0.263. The lowest BCUT2D eigenvalue weighted by Gasteiger charge is -2.16. The number of halogens is 2. The number of anilines is 1. The minimum atomic E-state index is -0.358. The number of nitrogens with zero attached hydrogens (tertiary/aromatic N) is 1. The summed E-state index contributed by atoms with van der Waals surface area (Å²) in [5.74, 6) is -0.823. The van der Waals surface area contributed by atoms with E-state index in [4.69, 9.17) is 0 Å². The second-order valence-corrected chi connectivity index (χ2v) is 6.97. The Hall–Kier alpha value is -2.21. The molecule has 1 aliphatic rings. The minimum absolute atomic E-state index is 0.0485. The molecule has 4 nitrogen and oxygen atoms in total. The molecule has 0 saturated carbocycles. The van der Waals surface area contributed by atoms with Crippen LogP contribution in [0.5, 0.6) is 0 Å². The highest BCUT2D eigenvalue weighted by Crippen LogP contribution is 2.26. The molecule has 25 heavy (non-hydrogen) atoms. The molecule has 6 heteroatoms. The number of amides is 2. The molecule has 1 atom stereocenters. The van der Waals surface area contributed by atoms with Crippen LogP contribution in [0.15, 0.2) is 53.0 Å². The maximum atomic E-state index is 13.1. The monoisotopic (exact) mass is 404 g/mol. The van der Waals surface area contributed by atoms with E-state index in [-0.39, 0.29) is 30.0 Å². The minimum Gasteiger partial charge on any atom is -0.355 e. The number of hydrogen-bond acceptors (Lipinski definition) is 2. The van der Waals surface area contributed by atoms with Crippen molar-refractivity contribution in [3.63, 3.8) is 0 Å². The Bertz CT molecular complexity index is 779. The largest absolute Gasteiger partial charge is 0.355 e. The fourth-order valence-electron chi connectivity index (χ4n) is 2.92. The Morgan fingerprint density at radius 2 is 2.00 bits per heavy atom. The van der Waals surface area contributed by atoms with Crippen LogP contribution >= 0.6 is 15.9 Å². The summed E-state index contributed by atoms with van der Waals surface area (Å²) in [5.41, 5.74) is 1.63. The van der Waals surface area contributed by atoms with Crippen LogP contribution in [0.2, 0.25) is 0 Å². The van der Waals surface area contributed by atoms with Gasteiger partial charge in [0.25, 0.3) is 0 Å². The van der Waals surface area contributed by atoms with E-state index in [9.17, 15) is 14.0 Å². The van der Waals surface area contributed by atoms with Gasteiger partial charge in [-0.2, -0.15) is 0 Å². The number of benzene rings is 2. The van der Waals surface area contributed by atoms with Gasteiger partial charge in [0.1, 0.15) is 5.82 Å². The predicted octanol–water partition coefficient (Wildman–Crippen LogP) is 3.30. The lowest BCUT2D eigenvalue weighted by Crippen LogP contribution is -2.34. The average molecular weight is 405 g/mol. The van der Waals surface area contributed by atoms with Gasteiger partial charge in [-0.05, 0) is 48.4 Å².